The maximum absolute atomic E-state index is 6.74. The zero-order valence-electron chi connectivity index (χ0n) is 25.3. The van der Waals surface area contributed by atoms with E-state index in [1.54, 1.807) is 0 Å². The number of hydrogen-bond donors (Lipinski definition) is 2. The van der Waals surface area contributed by atoms with Crippen molar-refractivity contribution in [3.05, 3.63) is 0 Å². The van der Waals surface area contributed by atoms with Crippen molar-refractivity contribution in [2.45, 2.75) is 53.4 Å². The van der Waals surface area contributed by atoms with Crippen LogP contribution in [0.5, 0.6) is 0 Å². The molecule has 254 valence electrons. The molecule has 0 bridgehead atoms. The first-order valence-corrected chi connectivity index (χ1v) is 28.1. The van der Waals surface area contributed by atoms with Gasteiger partial charge in [0.25, 0.3) is 11.8 Å². The smallest absolute Gasteiger partial charge is 0.306 e. The van der Waals surface area contributed by atoms with Crippen molar-refractivity contribution in [1.82, 2.24) is 19.5 Å². The highest BCUT2D eigenvalue weighted by Gasteiger charge is 2.47. The summed E-state index contributed by atoms with van der Waals surface area (Å²) in [5.74, 6) is -6.09. The number of nitrogens with zero attached hydrogens (tertiary/aromatic N) is 8. The van der Waals surface area contributed by atoms with Crippen molar-refractivity contribution in [3.63, 3.8) is 0 Å². The molecule has 2 atom stereocenters. The molecule has 14 nitrogen and oxygen atoms in total. The Morgan fingerprint density at radius 1 is 0.591 bits per heavy atom. The van der Waals surface area contributed by atoms with Gasteiger partial charge in [0.05, 0.1) is 26.4 Å². The zero-order chi connectivity index (χ0) is 31.5. The largest absolute Gasteiger partial charge is 0.345 e. The molecule has 6 rings (SSSR count). The third kappa shape index (κ3) is 8.06. The Balaban J connectivity index is 1.19. The van der Waals surface area contributed by atoms with Crippen LogP contribution in [0.2, 0.25) is 0 Å². The van der Waals surface area contributed by atoms with Crippen molar-refractivity contribution in [1.29, 1.82) is 0 Å². The van der Waals surface area contributed by atoms with Crippen LogP contribution in [0.15, 0.2) is 27.1 Å². The van der Waals surface area contributed by atoms with Crippen molar-refractivity contribution < 1.29 is 18.1 Å². The van der Waals surface area contributed by atoms with Gasteiger partial charge < -0.3 is 18.1 Å². The van der Waals surface area contributed by atoms with Gasteiger partial charge in [-0.15, -0.1) is 0 Å². The van der Waals surface area contributed by atoms with Gasteiger partial charge in [-0.3, -0.25) is 10.2 Å². The van der Waals surface area contributed by atoms with E-state index in [1.165, 1.54) is 0 Å². The molecule has 0 radical (unpaired) electrons. The van der Waals surface area contributed by atoms with E-state index >= 15 is 0 Å². The molecule has 0 saturated carbocycles. The lowest BCUT2D eigenvalue weighted by Gasteiger charge is -2.44. The predicted octanol–water partition coefficient (Wildman–Crippen LogP) is 11.2. The molecule has 0 aliphatic carbocycles. The molecule has 2 N–H and O–H groups in total. The lowest BCUT2D eigenvalue weighted by molar-refractivity contribution is 0.0566. The summed E-state index contributed by atoms with van der Waals surface area (Å²) in [4.78, 5) is 0. The van der Waals surface area contributed by atoms with Gasteiger partial charge >= 0.3 is 15.3 Å². The van der Waals surface area contributed by atoms with Crippen LogP contribution in [0.25, 0.3) is 0 Å². The number of unbranched alkanes of at least 4 members (excludes halogenated alkanes) is 1. The van der Waals surface area contributed by atoms with Crippen molar-refractivity contribution in [3.8, 4) is 0 Å². The lowest BCUT2D eigenvalue weighted by atomic mass is 9.97. The van der Waals surface area contributed by atoms with Gasteiger partial charge in [0, 0.05) is 50.1 Å². The summed E-state index contributed by atoms with van der Waals surface area (Å²) in [5, 5.41) is 7.16. The molecule has 4 spiro atoms. The van der Waals surface area contributed by atoms with E-state index in [1.807, 2.05) is 0 Å². The Labute approximate surface area is 280 Å². The molecule has 0 amide bonds. The van der Waals surface area contributed by atoms with E-state index in [0.29, 0.717) is 26.4 Å². The normalized spacial score (nSPS) is 36.8. The van der Waals surface area contributed by atoms with Crippen LogP contribution < -0.4 is 10.2 Å². The maximum atomic E-state index is 6.74. The number of halogens is 4. The quantitative estimate of drug-likeness (QED) is 0.206. The summed E-state index contributed by atoms with van der Waals surface area (Å²) in [6.07, 6.45) is 3.69. The maximum Gasteiger partial charge on any atom is 0.345 e. The minimum atomic E-state index is -3.05. The van der Waals surface area contributed by atoms with Gasteiger partial charge in [0.15, 0.2) is 0 Å². The molecule has 0 aromatic carbocycles. The van der Waals surface area contributed by atoms with Crippen molar-refractivity contribution in [2.24, 2.45) is 37.9 Å². The molecule has 6 heterocycles. The van der Waals surface area contributed by atoms with Gasteiger partial charge in [-0.1, -0.05) is 27.7 Å². The average molecular weight is 814 g/mol. The minimum absolute atomic E-state index is 0.133. The molecule has 0 aromatic heterocycles. The highest BCUT2D eigenvalue weighted by Crippen LogP contribution is 2.84. The Kier molecular flexibility index (Phi) is 10.7. The Morgan fingerprint density at radius 3 is 1.32 bits per heavy atom. The van der Waals surface area contributed by atoms with Crippen LogP contribution in [-0.2, 0) is 18.1 Å². The van der Waals surface area contributed by atoms with E-state index < -0.39 is 42.2 Å². The second-order valence-corrected chi connectivity index (χ2v) is 33.0. The summed E-state index contributed by atoms with van der Waals surface area (Å²) in [7, 11) is -11.3. The Morgan fingerprint density at radius 2 is 0.955 bits per heavy atom. The number of rotatable bonds is 5. The summed E-state index contributed by atoms with van der Waals surface area (Å²) in [5.41, 5.74) is -0.265. The topological polar surface area (TPSA) is 142 Å². The number of nitrogens with one attached hydrogen (secondary N) is 2. The highest BCUT2D eigenvalue weighted by atomic mass is 35.9. The van der Waals surface area contributed by atoms with Gasteiger partial charge in [-0.2, -0.15) is 27.1 Å². The van der Waals surface area contributed by atoms with Gasteiger partial charge in [0.2, 0.25) is 15.0 Å². The summed E-state index contributed by atoms with van der Waals surface area (Å²) in [6, 6.07) is 0. The van der Waals surface area contributed by atoms with E-state index in [-0.39, 0.29) is 10.8 Å². The fourth-order valence-corrected chi connectivity index (χ4v) is 31.3. The SMILES string of the molecule is CC1(C)COP2(=NP(Cl)(Cl)=NP3(=N2)NCCCN3CCCCN2CCCNP23=NP2(=NP(Cl)(Cl)=N3)OCC(C)(C)CO2)OC1. The van der Waals surface area contributed by atoms with E-state index in [0.717, 1.165) is 65.0 Å². The molecule has 4 fully saturated rings. The monoisotopic (exact) mass is 812 g/mol. The minimum Gasteiger partial charge on any atom is -0.306 e. The Bertz CT molecular complexity index is 1370. The molecular weight excluding hydrogens is 772 g/mol. The number of hydrogen-bond acceptors (Lipinski definition) is 14. The van der Waals surface area contributed by atoms with Crippen LogP contribution in [0.1, 0.15) is 53.4 Å². The predicted molar refractivity (Wildman–Crippen MR) is 188 cm³/mol. The van der Waals surface area contributed by atoms with E-state index in [4.69, 9.17) is 81.1 Å². The van der Waals surface area contributed by atoms with E-state index in [2.05, 4.69) is 56.2 Å². The highest BCUT2D eigenvalue weighted by molar-refractivity contribution is 8.13. The molecule has 6 aliphatic rings. The van der Waals surface area contributed by atoms with Crippen LogP contribution in [0, 0.1) is 10.8 Å². The summed E-state index contributed by atoms with van der Waals surface area (Å²) in [6.45, 7) is 14.9. The van der Waals surface area contributed by atoms with Crippen LogP contribution in [-0.4, -0.2) is 75.0 Å². The standard InChI is InChI=1S/C20H42Cl4N10O4P6/c1-19(2)15-35-43(36-16-19)29-39(21,22)27-41(31-43)25-9-7-13-33(41)11-5-6-12-34-14-8-10-26-42(34)28-40(23,24)30-44(32-42)37-17-20(3,4)18-38-44/h25-26H,5-18H2,1-4H3. The molecule has 2 unspecified atom stereocenters. The van der Waals surface area contributed by atoms with Crippen molar-refractivity contribution in [2.75, 3.05) is 65.7 Å². The lowest BCUT2D eigenvalue weighted by Crippen LogP contribution is -2.38. The fourth-order valence-electron chi connectivity index (χ4n) is 5.30. The molecule has 4 saturated heterocycles. The Hall–Kier alpha value is 2.22. The van der Waals surface area contributed by atoms with E-state index in [9.17, 15) is 0 Å². The first kappa shape index (κ1) is 36.0. The molecule has 44 heavy (non-hydrogen) atoms. The van der Waals surface area contributed by atoms with Crippen LogP contribution in [0.4, 0.5) is 0 Å². The summed E-state index contributed by atoms with van der Waals surface area (Å²) < 4.78 is 58.6. The third-order valence-corrected chi connectivity index (χ3v) is 29.0. The van der Waals surface area contributed by atoms with Gasteiger partial charge in [0.1, 0.15) is 0 Å². The molecular formula is C20H42Cl4N10O4P6. The average Bonchev–Trinajstić information content (AvgIpc) is 2.91. The molecule has 6 aliphatic heterocycles. The third-order valence-electron chi connectivity index (χ3n) is 7.58. The molecule has 24 heteroatoms. The second kappa shape index (κ2) is 13.1. The second-order valence-electron chi connectivity index (χ2n) is 13.1. The van der Waals surface area contributed by atoms with Gasteiger partial charge in [-0.05, 0) is 70.6 Å². The first-order valence-electron chi connectivity index (χ1n) is 14.7. The summed E-state index contributed by atoms with van der Waals surface area (Å²) >= 11 is 26.9. The van der Waals surface area contributed by atoms with Crippen LogP contribution in [0.3, 0.4) is 0 Å². The van der Waals surface area contributed by atoms with Crippen LogP contribution >= 0.6 is 87.1 Å². The van der Waals surface area contributed by atoms with Crippen molar-refractivity contribution >= 4 is 87.1 Å². The zero-order valence-corrected chi connectivity index (χ0v) is 33.7. The fraction of sp³-hybridized carbons (Fsp3) is 1.00. The van der Waals surface area contributed by atoms with Gasteiger partial charge in [-0.25, -0.2) is 9.34 Å². The first-order chi connectivity index (χ1) is 20.5. The molecule has 0 aromatic rings.